The topological polar surface area (TPSA) is 114 Å². The van der Waals surface area contributed by atoms with Crippen LogP contribution < -0.4 is 16.6 Å². The molecule has 0 radical (unpaired) electrons. The van der Waals surface area contributed by atoms with Crippen molar-refractivity contribution in [2.45, 2.75) is 44.4 Å². The van der Waals surface area contributed by atoms with E-state index in [0.717, 1.165) is 17.9 Å². The van der Waals surface area contributed by atoms with E-state index in [1.54, 1.807) is 11.8 Å². The third kappa shape index (κ3) is 5.66. The first-order chi connectivity index (χ1) is 9.56. The quantitative estimate of drug-likeness (QED) is 0.360. The van der Waals surface area contributed by atoms with E-state index in [1.165, 1.54) is 0 Å². The second-order valence-corrected chi connectivity index (χ2v) is 5.97. The summed E-state index contributed by atoms with van der Waals surface area (Å²) in [7, 11) is 0. The number of ether oxygens (including phenoxy) is 1. The highest BCUT2D eigenvalue weighted by Gasteiger charge is 2.26. The summed E-state index contributed by atoms with van der Waals surface area (Å²) in [6.45, 7) is 2.58. The Hall–Kier alpha value is -0.830. The van der Waals surface area contributed by atoms with Gasteiger partial charge in [0.15, 0.2) is 0 Å². The van der Waals surface area contributed by atoms with Crippen LogP contribution in [0.15, 0.2) is 0 Å². The first kappa shape index (κ1) is 17.2. The van der Waals surface area contributed by atoms with E-state index in [2.05, 4.69) is 10.9 Å². The lowest BCUT2D eigenvalue weighted by molar-refractivity contribution is -0.138. The van der Waals surface area contributed by atoms with Crippen molar-refractivity contribution >= 4 is 23.6 Å². The van der Waals surface area contributed by atoms with Crippen LogP contribution >= 0.6 is 11.8 Å². The molecule has 2 amide bonds. The normalized spacial score (nSPS) is 21.2. The van der Waals surface area contributed by atoms with E-state index in [1.807, 2.05) is 6.92 Å². The number of carbonyl (C=O) groups excluding carboxylic acids is 2. The summed E-state index contributed by atoms with van der Waals surface area (Å²) in [6, 6.07) is -0.645. The van der Waals surface area contributed by atoms with Crippen molar-refractivity contribution in [2.24, 2.45) is 5.73 Å². The predicted molar refractivity (Wildman–Crippen MR) is 76.9 cm³/mol. The van der Waals surface area contributed by atoms with Crippen LogP contribution in [-0.2, 0) is 14.3 Å². The van der Waals surface area contributed by atoms with Gasteiger partial charge in [0.25, 0.3) is 11.8 Å². The van der Waals surface area contributed by atoms with E-state index in [9.17, 15) is 14.7 Å². The van der Waals surface area contributed by atoms with Gasteiger partial charge in [-0.25, -0.2) is 0 Å². The fourth-order valence-corrected chi connectivity index (χ4v) is 2.51. The molecular formula is C12H23N3O4S. The van der Waals surface area contributed by atoms with Crippen molar-refractivity contribution < 1.29 is 19.4 Å². The van der Waals surface area contributed by atoms with Crippen LogP contribution in [0.4, 0.5) is 0 Å². The third-order valence-corrected chi connectivity index (χ3v) is 3.94. The van der Waals surface area contributed by atoms with Crippen LogP contribution in [-0.4, -0.2) is 53.3 Å². The highest BCUT2D eigenvalue weighted by Crippen LogP contribution is 2.11. The molecule has 2 unspecified atom stereocenters. The molecule has 1 heterocycles. The average molecular weight is 305 g/mol. The monoisotopic (exact) mass is 305 g/mol. The Labute approximate surface area is 123 Å². The summed E-state index contributed by atoms with van der Waals surface area (Å²) in [5, 5.41) is 9.73. The van der Waals surface area contributed by atoms with Gasteiger partial charge in [-0.05, 0) is 30.8 Å². The van der Waals surface area contributed by atoms with Gasteiger partial charge in [0.1, 0.15) is 12.2 Å². The second kappa shape index (κ2) is 9.17. The van der Waals surface area contributed by atoms with Gasteiger partial charge >= 0.3 is 0 Å². The van der Waals surface area contributed by atoms with E-state index >= 15 is 0 Å². The van der Waals surface area contributed by atoms with Crippen molar-refractivity contribution in [2.75, 3.05) is 18.1 Å². The molecule has 0 saturated carbocycles. The van der Waals surface area contributed by atoms with Crippen molar-refractivity contribution in [1.29, 1.82) is 0 Å². The summed E-state index contributed by atoms with van der Waals surface area (Å²) in [5.41, 5.74) is 10.1. The number of hydrogen-bond acceptors (Lipinski definition) is 6. The molecule has 0 aromatic carbocycles. The van der Waals surface area contributed by atoms with Crippen molar-refractivity contribution in [3.05, 3.63) is 0 Å². The Kier molecular flexibility index (Phi) is 7.90. The molecule has 1 saturated heterocycles. The maximum absolute atomic E-state index is 11.6. The number of hydrogen-bond donors (Lipinski definition) is 4. The summed E-state index contributed by atoms with van der Waals surface area (Å²) in [6.07, 6.45) is 0.138. The number of aliphatic hydroxyl groups is 1. The smallest absolute Gasteiger partial charge is 0.268 e. The molecule has 7 nitrogen and oxygen atoms in total. The molecule has 1 rings (SSSR count). The highest BCUT2D eigenvalue weighted by atomic mass is 32.2. The van der Waals surface area contributed by atoms with Gasteiger partial charge in [0.05, 0.1) is 0 Å². The van der Waals surface area contributed by atoms with Crippen LogP contribution in [0.1, 0.15) is 26.2 Å². The summed E-state index contributed by atoms with van der Waals surface area (Å²) < 4.78 is 5.17. The molecule has 0 spiro atoms. The van der Waals surface area contributed by atoms with Crippen molar-refractivity contribution in [3.8, 4) is 0 Å². The molecule has 5 N–H and O–H groups in total. The number of nitrogens with two attached hydrogens (primary N) is 1. The van der Waals surface area contributed by atoms with Gasteiger partial charge in [-0.2, -0.15) is 11.8 Å². The number of hydrazine groups is 1. The van der Waals surface area contributed by atoms with Crippen LogP contribution in [0.3, 0.4) is 0 Å². The number of nitrogens with one attached hydrogen (secondary N) is 2. The summed E-state index contributed by atoms with van der Waals surface area (Å²) in [5.74, 6) is 0.639. The molecule has 3 atom stereocenters. The van der Waals surface area contributed by atoms with E-state index in [-0.39, 0.29) is 0 Å². The molecule has 0 aromatic heterocycles. The summed E-state index contributed by atoms with van der Waals surface area (Å²) >= 11 is 1.69. The molecule has 8 heteroatoms. The number of rotatable bonds is 7. The molecule has 0 aliphatic carbocycles. The minimum atomic E-state index is -1.34. The Balaban J connectivity index is 2.24. The Morgan fingerprint density at radius 3 is 2.85 bits per heavy atom. The van der Waals surface area contributed by atoms with Crippen molar-refractivity contribution in [3.63, 3.8) is 0 Å². The predicted octanol–water partition coefficient (Wildman–Crippen LogP) is -0.856. The molecule has 1 aliphatic heterocycles. The number of carbonyl (C=O) groups is 2. The Morgan fingerprint density at radius 1 is 1.50 bits per heavy atom. The van der Waals surface area contributed by atoms with Gasteiger partial charge in [-0.3, -0.25) is 20.4 Å². The van der Waals surface area contributed by atoms with Gasteiger partial charge in [-0.15, -0.1) is 0 Å². The number of aliphatic hydroxyl groups excluding tert-OH is 1. The molecular weight excluding hydrogens is 282 g/mol. The van der Waals surface area contributed by atoms with Gasteiger partial charge in [0, 0.05) is 12.6 Å². The number of thioether (sulfide) groups is 1. The third-order valence-electron chi connectivity index (χ3n) is 3.00. The Morgan fingerprint density at radius 2 is 2.25 bits per heavy atom. The van der Waals surface area contributed by atoms with Crippen molar-refractivity contribution in [1.82, 2.24) is 10.9 Å². The lowest BCUT2D eigenvalue weighted by Crippen LogP contribution is -2.53. The largest absolute Gasteiger partial charge is 0.382 e. The lowest BCUT2D eigenvalue weighted by atomic mass is 10.1. The minimum absolute atomic E-state index is 0.404. The highest BCUT2D eigenvalue weighted by molar-refractivity contribution is 7.99. The minimum Gasteiger partial charge on any atom is -0.382 e. The van der Waals surface area contributed by atoms with Crippen LogP contribution in [0.25, 0.3) is 0 Å². The zero-order valence-electron chi connectivity index (χ0n) is 11.6. The van der Waals surface area contributed by atoms with E-state index in [4.69, 9.17) is 10.5 Å². The molecule has 116 valence electrons. The standard InChI is InChI=1S/C12H23N3O4S/c1-2-20-7-5-8(13)10(16)12(18)15-14-11(17)9-4-3-6-19-9/h8-10,16H,2-7,13H2,1H3,(H,14,17)(H,15,18)/t8-,9?,10?/m1/s1. The fourth-order valence-electron chi connectivity index (χ4n) is 1.78. The molecule has 20 heavy (non-hydrogen) atoms. The average Bonchev–Trinajstić information content (AvgIpc) is 2.97. The molecule has 0 aromatic rings. The fraction of sp³-hybridized carbons (Fsp3) is 0.833. The van der Waals surface area contributed by atoms with Gasteiger partial charge < -0.3 is 15.6 Å². The lowest BCUT2D eigenvalue weighted by Gasteiger charge is -2.19. The van der Waals surface area contributed by atoms with Gasteiger partial charge in [0.2, 0.25) is 0 Å². The maximum atomic E-state index is 11.6. The van der Waals surface area contributed by atoms with Crippen LogP contribution in [0, 0.1) is 0 Å². The molecule has 1 fully saturated rings. The zero-order chi connectivity index (χ0) is 15.0. The van der Waals surface area contributed by atoms with Crippen LogP contribution in [0.5, 0.6) is 0 Å². The Bertz CT molecular complexity index is 324. The SMILES string of the molecule is CCSCC[C@@H](N)C(O)C(=O)NNC(=O)C1CCCO1. The zero-order valence-corrected chi connectivity index (χ0v) is 12.4. The van der Waals surface area contributed by atoms with Gasteiger partial charge in [-0.1, -0.05) is 6.92 Å². The number of amides is 2. The first-order valence-corrected chi connectivity index (χ1v) is 7.94. The van der Waals surface area contributed by atoms with E-state index < -0.39 is 30.1 Å². The van der Waals surface area contributed by atoms with Crippen LogP contribution in [0.2, 0.25) is 0 Å². The maximum Gasteiger partial charge on any atom is 0.268 e. The van der Waals surface area contributed by atoms with E-state index in [0.29, 0.717) is 19.4 Å². The first-order valence-electron chi connectivity index (χ1n) is 6.79. The second-order valence-electron chi connectivity index (χ2n) is 4.57. The molecule has 0 bridgehead atoms. The molecule has 1 aliphatic rings. The summed E-state index contributed by atoms with van der Waals surface area (Å²) in [4.78, 5) is 23.2.